The molecule has 6 nitrogen and oxygen atoms in total. The van der Waals surface area contributed by atoms with E-state index >= 15 is 0 Å². The van der Waals surface area contributed by atoms with Gasteiger partial charge in [-0.25, -0.2) is 15.0 Å². The van der Waals surface area contributed by atoms with E-state index in [0.717, 1.165) is 23.6 Å². The summed E-state index contributed by atoms with van der Waals surface area (Å²) >= 11 is 0. The first-order chi connectivity index (χ1) is 11.2. The highest BCUT2D eigenvalue weighted by Crippen LogP contribution is 2.56. The second-order valence-electron chi connectivity index (χ2n) is 7.75. The van der Waals surface area contributed by atoms with E-state index in [9.17, 15) is 0 Å². The molecule has 0 aliphatic heterocycles. The van der Waals surface area contributed by atoms with Gasteiger partial charge in [-0.2, -0.15) is 0 Å². The van der Waals surface area contributed by atoms with E-state index in [1.807, 2.05) is 10.8 Å². The Bertz CT molecular complexity index is 687. The monoisotopic (exact) mass is 310 g/mol. The molecule has 4 fully saturated rings. The molecule has 2 heterocycles. The number of rotatable bonds is 3. The lowest BCUT2D eigenvalue weighted by Gasteiger charge is -2.57. The molecular formula is C17H22N6. The first-order valence-corrected chi connectivity index (χ1v) is 8.58. The van der Waals surface area contributed by atoms with Crippen molar-refractivity contribution in [3.63, 3.8) is 0 Å². The molecule has 4 saturated carbocycles. The van der Waals surface area contributed by atoms with E-state index in [1.165, 1.54) is 38.5 Å². The van der Waals surface area contributed by atoms with Gasteiger partial charge in [0.15, 0.2) is 11.6 Å². The summed E-state index contributed by atoms with van der Waals surface area (Å²) in [4.78, 5) is 12.8. The smallest absolute Gasteiger partial charge is 0.166 e. The standard InChI is InChI=1S/C17H22N6/c18-14-15(20-9-21-16(14)23-2-1-19-10-23)22-17-6-11-3-12(7-17)5-13(4-11)8-17/h1-2,9-13H,3-8,18H2,(H,20,21,22). The van der Waals surface area contributed by atoms with Crippen LogP contribution in [0.3, 0.4) is 0 Å². The van der Waals surface area contributed by atoms with Gasteiger partial charge < -0.3 is 11.1 Å². The van der Waals surface area contributed by atoms with Crippen LogP contribution in [-0.2, 0) is 0 Å². The maximum atomic E-state index is 6.37. The molecule has 4 aliphatic carbocycles. The summed E-state index contributed by atoms with van der Waals surface area (Å²) < 4.78 is 1.84. The molecule has 4 bridgehead atoms. The SMILES string of the molecule is Nc1c(NC23CC4CC(CC(C4)C2)C3)ncnc1-n1ccnc1. The lowest BCUT2D eigenvalue weighted by atomic mass is 9.53. The summed E-state index contributed by atoms with van der Waals surface area (Å²) in [5.74, 6) is 4.16. The highest BCUT2D eigenvalue weighted by molar-refractivity contribution is 5.70. The van der Waals surface area contributed by atoms with E-state index in [1.54, 1.807) is 18.9 Å². The second kappa shape index (κ2) is 4.69. The van der Waals surface area contributed by atoms with Gasteiger partial charge in [-0.1, -0.05) is 0 Å². The predicted molar refractivity (Wildman–Crippen MR) is 88.1 cm³/mol. The third-order valence-electron chi connectivity index (χ3n) is 6.03. The van der Waals surface area contributed by atoms with Crippen molar-refractivity contribution < 1.29 is 0 Å². The summed E-state index contributed by atoms with van der Waals surface area (Å²) in [6.45, 7) is 0. The van der Waals surface area contributed by atoms with Crippen molar-refractivity contribution >= 4 is 11.5 Å². The van der Waals surface area contributed by atoms with Crippen molar-refractivity contribution in [2.24, 2.45) is 17.8 Å². The fraction of sp³-hybridized carbons (Fsp3) is 0.588. The molecule has 0 spiro atoms. The lowest BCUT2D eigenvalue weighted by Crippen LogP contribution is -2.55. The Kier molecular flexibility index (Phi) is 2.72. The first-order valence-electron chi connectivity index (χ1n) is 8.58. The van der Waals surface area contributed by atoms with E-state index in [-0.39, 0.29) is 5.54 Å². The van der Waals surface area contributed by atoms with Crippen LogP contribution in [0.2, 0.25) is 0 Å². The molecule has 23 heavy (non-hydrogen) atoms. The Morgan fingerprint density at radius 2 is 1.78 bits per heavy atom. The molecule has 0 radical (unpaired) electrons. The van der Waals surface area contributed by atoms with Gasteiger partial charge in [0, 0.05) is 17.9 Å². The number of anilines is 2. The fourth-order valence-electron chi connectivity index (χ4n) is 5.59. The van der Waals surface area contributed by atoms with Gasteiger partial charge in [-0.05, 0) is 56.3 Å². The zero-order valence-electron chi connectivity index (χ0n) is 13.2. The fourth-order valence-corrected chi connectivity index (χ4v) is 5.59. The van der Waals surface area contributed by atoms with Crippen molar-refractivity contribution in [1.82, 2.24) is 19.5 Å². The molecule has 0 atom stereocenters. The highest BCUT2D eigenvalue weighted by atomic mass is 15.2. The average molecular weight is 310 g/mol. The number of aromatic nitrogens is 4. The van der Waals surface area contributed by atoms with Gasteiger partial charge in [0.2, 0.25) is 0 Å². The van der Waals surface area contributed by atoms with Crippen molar-refractivity contribution in [2.75, 3.05) is 11.1 Å². The number of nitrogen functional groups attached to an aromatic ring is 1. The van der Waals surface area contributed by atoms with E-state index in [4.69, 9.17) is 5.73 Å². The van der Waals surface area contributed by atoms with Crippen LogP contribution in [-0.4, -0.2) is 25.1 Å². The van der Waals surface area contributed by atoms with Crippen LogP contribution in [0.5, 0.6) is 0 Å². The Morgan fingerprint density at radius 3 is 2.39 bits per heavy atom. The summed E-state index contributed by atoms with van der Waals surface area (Å²) in [5.41, 5.74) is 7.18. The van der Waals surface area contributed by atoms with Crippen LogP contribution in [0, 0.1) is 17.8 Å². The Morgan fingerprint density at radius 1 is 1.09 bits per heavy atom. The van der Waals surface area contributed by atoms with E-state index < -0.39 is 0 Å². The zero-order chi connectivity index (χ0) is 15.4. The van der Waals surface area contributed by atoms with Crippen molar-refractivity contribution in [3.8, 4) is 5.82 Å². The molecule has 120 valence electrons. The molecule has 3 N–H and O–H groups in total. The van der Waals surface area contributed by atoms with Crippen LogP contribution in [0.1, 0.15) is 38.5 Å². The average Bonchev–Trinajstić information content (AvgIpc) is 3.02. The molecule has 2 aromatic heterocycles. The minimum atomic E-state index is 0.198. The van der Waals surface area contributed by atoms with Gasteiger partial charge >= 0.3 is 0 Å². The lowest BCUT2D eigenvalue weighted by molar-refractivity contribution is 0.0106. The van der Waals surface area contributed by atoms with Crippen LogP contribution < -0.4 is 11.1 Å². The van der Waals surface area contributed by atoms with Crippen molar-refractivity contribution in [2.45, 2.75) is 44.1 Å². The number of nitrogens with one attached hydrogen (secondary N) is 1. The molecule has 0 unspecified atom stereocenters. The molecule has 2 aromatic rings. The molecule has 4 aliphatic rings. The second-order valence-corrected chi connectivity index (χ2v) is 7.75. The number of nitrogens with two attached hydrogens (primary N) is 1. The van der Waals surface area contributed by atoms with Gasteiger partial charge in [0.05, 0.1) is 0 Å². The van der Waals surface area contributed by atoms with Gasteiger partial charge in [-0.3, -0.25) is 4.57 Å². The van der Waals surface area contributed by atoms with Crippen LogP contribution >= 0.6 is 0 Å². The van der Waals surface area contributed by atoms with Gasteiger partial charge in [0.25, 0.3) is 0 Å². The van der Waals surface area contributed by atoms with Gasteiger partial charge in [0.1, 0.15) is 18.3 Å². The summed E-state index contributed by atoms with van der Waals surface area (Å²) in [5, 5.41) is 3.75. The van der Waals surface area contributed by atoms with Crippen molar-refractivity contribution in [3.05, 3.63) is 25.0 Å². The molecular weight excluding hydrogens is 288 g/mol. The predicted octanol–water partition coefficient (Wildman–Crippen LogP) is 2.63. The third-order valence-corrected chi connectivity index (χ3v) is 6.03. The molecule has 6 rings (SSSR count). The maximum absolute atomic E-state index is 6.37. The van der Waals surface area contributed by atoms with E-state index in [2.05, 4.69) is 20.3 Å². The highest BCUT2D eigenvalue weighted by Gasteiger charge is 2.51. The van der Waals surface area contributed by atoms with Crippen molar-refractivity contribution in [1.29, 1.82) is 0 Å². The number of hydrogen-bond donors (Lipinski definition) is 2. The van der Waals surface area contributed by atoms with Crippen LogP contribution in [0.4, 0.5) is 11.5 Å². The normalized spacial score (nSPS) is 34.7. The Balaban J connectivity index is 1.48. The third kappa shape index (κ3) is 2.11. The summed E-state index contributed by atoms with van der Waals surface area (Å²) in [6, 6.07) is 0. The summed E-state index contributed by atoms with van der Waals surface area (Å²) in [6.07, 6.45) is 15.0. The number of imidazole rings is 1. The molecule has 0 saturated heterocycles. The zero-order valence-corrected chi connectivity index (χ0v) is 13.2. The maximum Gasteiger partial charge on any atom is 0.166 e. The topological polar surface area (TPSA) is 81.6 Å². The van der Waals surface area contributed by atoms with Crippen LogP contribution in [0.15, 0.2) is 25.0 Å². The largest absolute Gasteiger partial charge is 0.393 e. The molecule has 0 aromatic carbocycles. The van der Waals surface area contributed by atoms with Crippen LogP contribution in [0.25, 0.3) is 5.82 Å². The first kappa shape index (κ1) is 13.3. The quantitative estimate of drug-likeness (QED) is 0.910. The minimum Gasteiger partial charge on any atom is -0.393 e. The Labute approximate surface area is 135 Å². The molecule has 0 amide bonds. The number of nitrogens with zero attached hydrogens (tertiary/aromatic N) is 4. The molecule has 6 heteroatoms. The van der Waals surface area contributed by atoms with E-state index in [0.29, 0.717) is 11.5 Å². The summed E-state index contributed by atoms with van der Waals surface area (Å²) in [7, 11) is 0. The minimum absolute atomic E-state index is 0.198. The van der Waals surface area contributed by atoms with Gasteiger partial charge in [-0.15, -0.1) is 0 Å². The Hall–Kier alpha value is -2.11. The number of hydrogen-bond acceptors (Lipinski definition) is 5.